The molecule has 19 heavy (non-hydrogen) atoms. The molecule has 0 spiro atoms. The Hall–Kier alpha value is -1.07. The van der Waals surface area contributed by atoms with Gasteiger partial charge in [-0.1, -0.05) is 18.5 Å². The number of likely N-dealkylation sites (N-methyl/N-ethyl adjacent to an activating group) is 1. The molecule has 0 radical (unpaired) electrons. The van der Waals surface area contributed by atoms with Gasteiger partial charge in [0.2, 0.25) is 5.91 Å². The van der Waals surface area contributed by atoms with Crippen molar-refractivity contribution in [2.24, 2.45) is 7.05 Å². The highest BCUT2D eigenvalue weighted by molar-refractivity contribution is 6.31. The van der Waals surface area contributed by atoms with Crippen LogP contribution in [0.1, 0.15) is 32.2 Å². The number of hydrogen-bond acceptors (Lipinski definition) is 3. The van der Waals surface area contributed by atoms with E-state index in [2.05, 4.69) is 10.4 Å². The van der Waals surface area contributed by atoms with Crippen LogP contribution in [0.25, 0.3) is 0 Å². The molecule has 0 bridgehead atoms. The van der Waals surface area contributed by atoms with Crippen LogP contribution in [-0.2, 0) is 24.8 Å². The van der Waals surface area contributed by atoms with E-state index in [9.17, 15) is 4.79 Å². The molecule has 0 aliphatic rings. The molecule has 0 saturated heterocycles. The number of amides is 1. The largest absolute Gasteiger partial charge is 0.345 e. The van der Waals surface area contributed by atoms with Gasteiger partial charge in [-0.05, 0) is 20.3 Å². The maximum Gasteiger partial charge on any atom is 0.239 e. The van der Waals surface area contributed by atoms with E-state index in [1.807, 2.05) is 27.8 Å². The molecule has 1 amide bonds. The summed E-state index contributed by atoms with van der Waals surface area (Å²) >= 11 is 6.26. The summed E-state index contributed by atoms with van der Waals surface area (Å²) in [6.45, 7) is 7.08. The van der Waals surface area contributed by atoms with Crippen molar-refractivity contribution in [2.75, 3.05) is 13.6 Å². The average Bonchev–Trinajstić information content (AvgIpc) is 2.68. The standard InChI is InChI=1S/C13H23ClN4O/c1-6-10-12(14)11(18(5)16-10)8-15-9(3)13(19)17(4)7-2/h9,15H,6-8H2,1-5H3. The first-order valence-corrected chi connectivity index (χ1v) is 6.98. The van der Waals surface area contributed by atoms with Crippen molar-refractivity contribution in [1.82, 2.24) is 20.0 Å². The SMILES string of the molecule is CCc1nn(C)c(CNC(C)C(=O)N(C)CC)c1Cl. The Morgan fingerprint density at radius 1 is 1.53 bits per heavy atom. The van der Waals surface area contributed by atoms with E-state index in [-0.39, 0.29) is 11.9 Å². The number of nitrogens with one attached hydrogen (secondary N) is 1. The number of halogens is 1. The normalized spacial score (nSPS) is 12.5. The molecule has 1 unspecified atom stereocenters. The number of hydrogen-bond donors (Lipinski definition) is 1. The lowest BCUT2D eigenvalue weighted by Crippen LogP contribution is -2.42. The molecule has 1 heterocycles. The second-order valence-electron chi connectivity index (χ2n) is 4.64. The summed E-state index contributed by atoms with van der Waals surface area (Å²) in [4.78, 5) is 13.6. The maximum absolute atomic E-state index is 11.9. The minimum absolute atomic E-state index is 0.0801. The molecule has 0 fully saturated rings. The van der Waals surface area contributed by atoms with E-state index in [0.717, 1.165) is 17.8 Å². The van der Waals surface area contributed by atoms with Gasteiger partial charge in [0, 0.05) is 27.2 Å². The van der Waals surface area contributed by atoms with Crippen LogP contribution in [0.2, 0.25) is 5.02 Å². The van der Waals surface area contributed by atoms with Crippen molar-refractivity contribution < 1.29 is 4.79 Å². The fourth-order valence-corrected chi connectivity index (χ4v) is 2.20. The highest BCUT2D eigenvalue weighted by atomic mass is 35.5. The number of carbonyl (C=O) groups is 1. The molecule has 1 N–H and O–H groups in total. The van der Waals surface area contributed by atoms with Crippen LogP contribution in [0.15, 0.2) is 0 Å². The van der Waals surface area contributed by atoms with Gasteiger partial charge in [-0.3, -0.25) is 9.48 Å². The molecule has 1 atom stereocenters. The van der Waals surface area contributed by atoms with Crippen molar-refractivity contribution in [3.8, 4) is 0 Å². The summed E-state index contributed by atoms with van der Waals surface area (Å²) in [5.74, 6) is 0.0801. The van der Waals surface area contributed by atoms with Crippen molar-refractivity contribution >= 4 is 17.5 Å². The van der Waals surface area contributed by atoms with Crippen molar-refractivity contribution in [1.29, 1.82) is 0 Å². The highest BCUT2D eigenvalue weighted by Gasteiger charge is 2.18. The highest BCUT2D eigenvalue weighted by Crippen LogP contribution is 2.20. The van der Waals surface area contributed by atoms with Crippen molar-refractivity contribution in [3.63, 3.8) is 0 Å². The van der Waals surface area contributed by atoms with Gasteiger partial charge < -0.3 is 10.2 Å². The Morgan fingerprint density at radius 2 is 2.16 bits per heavy atom. The fraction of sp³-hybridized carbons (Fsp3) is 0.692. The fourth-order valence-electron chi connectivity index (χ4n) is 1.84. The predicted octanol–water partition coefficient (Wildman–Crippen LogP) is 1.59. The van der Waals surface area contributed by atoms with Crippen molar-refractivity contribution in [2.45, 2.75) is 39.8 Å². The molecule has 5 nitrogen and oxygen atoms in total. The van der Waals surface area contributed by atoms with E-state index < -0.39 is 0 Å². The summed E-state index contributed by atoms with van der Waals surface area (Å²) in [7, 11) is 3.67. The number of rotatable bonds is 6. The van der Waals surface area contributed by atoms with Gasteiger partial charge in [0.25, 0.3) is 0 Å². The first-order chi connectivity index (χ1) is 8.92. The lowest BCUT2D eigenvalue weighted by Gasteiger charge is -2.20. The molecule has 0 saturated carbocycles. The minimum atomic E-state index is -0.235. The minimum Gasteiger partial charge on any atom is -0.345 e. The van der Waals surface area contributed by atoms with E-state index in [0.29, 0.717) is 18.1 Å². The molecule has 108 valence electrons. The monoisotopic (exact) mass is 286 g/mol. The van der Waals surface area contributed by atoms with Crippen LogP contribution in [0.5, 0.6) is 0 Å². The molecular formula is C13H23ClN4O. The van der Waals surface area contributed by atoms with E-state index in [4.69, 9.17) is 11.6 Å². The number of nitrogens with zero attached hydrogens (tertiary/aromatic N) is 3. The third-order valence-corrected chi connectivity index (χ3v) is 3.74. The first-order valence-electron chi connectivity index (χ1n) is 6.60. The molecule has 0 aromatic carbocycles. The van der Waals surface area contributed by atoms with Gasteiger partial charge in [-0.25, -0.2) is 0 Å². The summed E-state index contributed by atoms with van der Waals surface area (Å²) < 4.78 is 1.77. The van der Waals surface area contributed by atoms with E-state index in [1.54, 1.807) is 16.6 Å². The molecule has 6 heteroatoms. The molecule has 1 aromatic heterocycles. The van der Waals surface area contributed by atoms with Crippen LogP contribution in [0.3, 0.4) is 0 Å². The van der Waals surface area contributed by atoms with Crippen LogP contribution in [0, 0.1) is 0 Å². The zero-order valence-corrected chi connectivity index (χ0v) is 13.1. The Morgan fingerprint density at radius 3 is 2.63 bits per heavy atom. The van der Waals surface area contributed by atoms with Crippen LogP contribution >= 0.6 is 11.6 Å². The Bertz CT molecular complexity index is 444. The Kier molecular flexibility index (Phi) is 5.82. The quantitative estimate of drug-likeness (QED) is 0.864. The topological polar surface area (TPSA) is 50.2 Å². The van der Waals surface area contributed by atoms with Crippen LogP contribution < -0.4 is 5.32 Å². The van der Waals surface area contributed by atoms with Gasteiger partial charge in [0.05, 0.1) is 22.5 Å². The molecule has 1 rings (SSSR count). The van der Waals surface area contributed by atoms with Gasteiger partial charge in [-0.2, -0.15) is 5.10 Å². The third-order valence-electron chi connectivity index (χ3n) is 3.30. The predicted molar refractivity (Wildman–Crippen MR) is 77.2 cm³/mol. The number of aromatic nitrogens is 2. The zero-order chi connectivity index (χ0) is 14.6. The molecule has 0 aliphatic carbocycles. The Labute approximate surface area is 119 Å². The second-order valence-corrected chi connectivity index (χ2v) is 5.02. The van der Waals surface area contributed by atoms with Gasteiger partial charge in [-0.15, -0.1) is 0 Å². The third kappa shape index (κ3) is 3.70. The van der Waals surface area contributed by atoms with E-state index in [1.165, 1.54) is 0 Å². The van der Waals surface area contributed by atoms with Crippen LogP contribution in [0.4, 0.5) is 0 Å². The molecular weight excluding hydrogens is 264 g/mol. The van der Waals surface area contributed by atoms with Gasteiger partial charge in [0.1, 0.15) is 0 Å². The van der Waals surface area contributed by atoms with Crippen LogP contribution in [-0.4, -0.2) is 40.2 Å². The average molecular weight is 287 g/mol. The Balaban J connectivity index is 2.67. The smallest absolute Gasteiger partial charge is 0.239 e. The lowest BCUT2D eigenvalue weighted by atomic mass is 10.2. The summed E-state index contributed by atoms with van der Waals surface area (Å²) in [5, 5.41) is 8.24. The number of aryl methyl sites for hydroxylation is 2. The van der Waals surface area contributed by atoms with Crippen molar-refractivity contribution in [3.05, 3.63) is 16.4 Å². The number of carbonyl (C=O) groups excluding carboxylic acids is 1. The zero-order valence-electron chi connectivity index (χ0n) is 12.3. The second kappa shape index (κ2) is 6.91. The van der Waals surface area contributed by atoms with Gasteiger partial charge in [0.15, 0.2) is 0 Å². The molecule has 0 aliphatic heterocycles. The maximum atomic E-state index is 11.9. The summed E-state index contributed by atoms with van der Waals surface area (Å²) in [6.07, 6.45) is 0.805. The molecule has 1 aromatic rings. The lowest BCUT2D eigenvalue weighted by molar-refractivity contribution is -0.131. The first kappa shape index (κ1) is 16.0. The summed E-state index contributed by atoms with van der Waals surface area (Å²) in [6, 6.07) is -0.235. The summed E-state index contributed by atoms with van der Waals surface area (Å²) in [5.41, 5.74) is 1.81. The van der Waals surface area contributed by atoms with E-state index >= 15 is 0 Å². The van der Waals surface area contributed by atoms with Gasteiger partial charge >= 0.3 is 0 Å².